The van der Waals surface area contributed by atoms with Crippen LogP contribution >= 0.6 is 0 Å². The minimum Gasteiger partial charge on any atom is -0.368 e. The summed E-state index contributed by atoms with van der Waals surface area (Å²) in [6, 6.07) is 11.9. The zero-order valence-electron chi connectivity index (χ0n) is 15.6. The zero-order chi connectivity index (χ0) is 19.6. The van der Waals surface area contributed by atoms with Gasteiger partial charge in [0.2, 0.25) is 11.8 Å². The molecule has 1 N–H and O–H groups in total. The third-order valence-corrected chi connectivity index (χ3v) is 5.51. The number of anilines is 1. The van der Waals surface area contributed by atoms with E-state index < -0.39 is 5.41 Å². The van der Waals surface area contributed by atoms with Crippen LogP contribution in [0.4, 0.5) is 10.1 Å². The van der Waals surface area contributed by atoms with Crippen LogP contribution in [-0.4, -0.2) is 47.9 Å². The summed E-state index contributed by atoms with van der Waals surface area (Å²) in [7, 11) is 0. The lowest BCUT2D eigenvalue weighted by Gasteiger charge is -2.37. The van der Waals surface area contributed by atoms with E-state index in [1.54, 1.807) is 23.2 Å². The summed E-state index contributed by atoms with van der Waals surface area (Å²) in [5, 5.41) is 2.87. The lowest BCUT2D eigenvalue weighted by Crippen LogP contribution is -2.53. The van der Waals surface area contributed by atoms with Gasteiger partial charge in [-0.3, -0.25) is 14.6 Å². The molecule has 2 aliphatic rings. The van der Waals surface area contributed by atoms with Crippen molar-refractivity contribution in [3.8, 4) is 0 Å². The Labute approximate surface area is 163 Å². The largest absolute Gasteiger partial charge is 0.368 e. The molecular weight excluding hydrogens is 359 g/mol. The number of hydrogen-bond donors (Lipinski definition) is 1. The monoisotopic (exact) mass is 382 g/mol. The number of carbonyl (C=O) groups excluding carboxylic acids is 2. The molecule has 2 heterocycles. The fourth-order valence-corrected chi connectivity index (χ4v) is 3.63. The standard InChI is InChI=1S/C21H23FN4O2/c22-16-4-6-18(7-5-16)25-11-13-26(14-12-25)20(28)21(8-9-21)19(27)24-15-17-3-1-2-10-23-17/h1-7,10H,8-9,11-15H2,(H,24,27). The number of nitrogens with one attached hydrogen (secondary N) is 1. The SMILES string of the molecule is O=C(NCc1ccccn1)C1(C(=O)N2CCN(c3ccc(F)cc3)CC2)CC1. The Morgan fingerprint density at radius 3 is 2.36 bits per heavy atom. The first kappa shape index (κ1) is 18.4. The topological polar surface area (TPSA) is 65.5 Å². The van der Waals surface area contributed by atoms with Gasteiger partial charge in [0.15, 0.2) is 0 Å². The average Bonchev–Trinajstić information content (AvgIpc) is 3.55. The molecule has 146 valence electrons. The van der Waals surface area contributed by atoms with Crippen molar-refractivity contribution in [3.05, 3.63) is 60.2 Å². The Balaban J connectivity index is 1.33. The van der Waals surface area contributed by atoms with Crippen molar-refractivity contribution >= 4 is 17.5 Å². The molecule has 1 aromatic carbocycles. The van der Waals surface area contributed by atoms with E-state index in [1.807, 2.05) is 18.2 Å². The Morgan fingerprint density at radius 2 is 1.75 bits per heavy atom. The Hall–Kier alpha value is -2.96. The molecule has 0 spiro atoms. The van der Waals surface area contributed by atoms with Gasteiger partial charge in [-0.1, -0.05) is 6.07 Å². The van der Waals surface area contributed by atoms with Gasteiger partial charge in [0.25, 0.3) is 0 Å². The van der Waals surface area contributed by atoms with Crippen LogP contribution in [0.5, 0.6) is 0 Å². The van der Waals surface area contributed by atoms with Crippen molar-refractivity contribution in [2.75, 3.05) is 31.1 Å². The van der Waals surface area contributed by atoms with Crippen molar-refractivity contribution in [2.45, 2.75) is 19.4 Å². The molecule has 1 aliphatic carbocycles. The fourth-order valence-electron chi connectivity index (χ4n) is 3.63. The van der Waals surface area contributed by atoms with Crippen molar-refractivity contribution in [1.82, 2.24) is 15.2 Å². The van der Waals surface area contributed by atoms with Gasteiger partial charge in [0, 0.05) is 38.1 Å². The number of carbonyl (C=O) groups is 2. The molecule has 1 aromatic heterocycles. The number of aromatic nitrogens is 1. The lowest BCUT2D eigenvalue weighted by atomic mass is 10.0. The first-order chi connectivity index (χ1) is 13.6. The zero-order valence-corrected chi connectivity index (χ0v) is 15.6. The molecule has 6 nitrogen and oxygen atoms in total. The number of piperazine rings is 1. The van der Waals surface area contributed by atoms with Crippen LogP contribution in [0.25, 0.3) is 0 Å². The molecule has 1 saturated carbocycles. The van der Waals surface area contributed by atoms with Gasteiger partial charge in [-0.05, 0) is 49.2 Å². The molecule has 7 heteroatoms. The predicted octanol–water partition coefficient (Wildman–Crippen LogP) is 1.97. The third kappa shape index (κ3) is 3.69. The molecule has 4 rings (SSSR count). The molecule has 0 atom stereocenters. The van der Waals surface area contributed by atoms with Crippen LogP contribution in [0.2, 0.25) is 0 Å². The van der Waals surface area contributed by atoms with Crippen LogP contribution < -0.4 is 10.2 Å². The van der Waals surface area contributed by atoms with Gasteiger partial charge in [0.05, 0.1) is 12.2 Å². The molecule has 1 aliphatic heterocycles. The number of hydrogen-bond acceptors (Lipinski definition) is 4. The van der Waals surface area contributed by atoms with E-state index >= 15 is 0 Å². The van der Waals surface area contributed by atoms with Crippen molar-refractivity contribution < 1.29 is 14.0 Å². The molecule has 28 heavy (non-hydrogen) atoms. The summed E-state index contributed by atoms with van der Waals surface area (Å²) in [5.74, 6) is -0.543. The fraction of sp³-hybridized carbons (Fsp3) is 0.381. The average molecular weight is 382 g/mol. The number of halogens is 1. The van der Waals surface area contributed by atoms with Crippen molar-refractivity contribution in [2.24, 2.45) is 5.41 Å². The van der Waals surface area contributed by atoms with Crippen molar-refractivity contribution in [1.29, 1.82) is 0 Å². The molecular formula is C21H23FN4O2. The van der Waals surface area contributed by atoms with Gasteiger partial charge in [-0.15, -0.1) is 0 Å². The molecule has 2 amide bonds. The van der Waals surface area contributed by atoms with Gasteiger partial charge in [-0.25, -0.2) is 4.39 Å². The van der Waals surface area contributed by atoms with Gasteiger partial charge in [-0.2, -0.15) is 0 Å². The minimum atomic E-state index is -0.910. The summed E-state index contributed by atoms with van der Waals surface area (Å²) < 4.78 is 13.1. The van der Waals surface area contributed by atoms with E-state index in [-0.39, 0.29) is 17.6 Å². The highest BCUT2D eigenvalue weighted by atomic mass is 19.1. The second kappa shape index (κ2) is 7.58. The van der Waals surface area contributed by atoms with E-state index in [9.17, 15) is 14.0 Å². The number of benzene rings is 1. The van der Waals surface area contributed by atoms with Crippen LogP contribution in [0.1, 0.15) is 18.5 Å². The Bertz CT molecular complexity index is 844. The van der Waals surface area contributed by atoms with Gasteiger partial charge >= 0.3 is 0 Å². The third-order valence-electron chi connectivity index (χ3n) is 5.51. The normalized spacial score (nSPS) is 17.9. The first-order valence-electron chi connectivity index (χ1n) is 9.57. The summed E-state index contributed by atoms with van der Waals surface area (Å²) in [4.78, 5) is 33.8. The molecule has 0 bridgehead atoms. The van der Waals surface area contributed by atoms with Gasteiger partial charge < -0.3 is 15.1 Å². The molecule has 2 fully saturated rings. The van der Waals surface area contributed by atoms with Crippen LogP contribution in [0, 0.1) is 11.2 Å². The first-order valence-corrected chi connectivity index (χ1v) is 9.57. The quantitative estimate of drug-likeness (QED) is 0.803. The second-order valence-corrected chi connectivity index (χ2v) is 7.34. The molecule has 1 saturated heterocycles. The smallest absolute Gasteiger partial charge is 0.238 e. The number of nitrogens with zero attached hydrogens (tertiary/aromatic N) is 3. The van der Waals surface area contributed by atoms with E-state index in [2.05, 4.69) is 15.2 Å². The number of rotatable bonds is 5. The molecule has 0 radical (unpaired) electrons. The Morgan fingerprint density at radius 1 is 1.04 bits per heavy atom. The van der Waals surface area contributed by atoms with E-state index in [4.69, 9.17) is 0 Å². The lowest BCUT2D eigenvalue weighted by molar-refractivity contribution is -0.144. The summed E-state index contributed by atoms with van der Waals surface area (Å²) >= 11 is 0. The highest BCUT2D eigenvalue weighted by Crippen LogP contribution is 2.47. The highest BCUT2D eigenvalue weighted by Gasteiger charge is 2.58. The van der Waals surface area contributed by atoms with E-state index in [1.165, 1.54) is 12.1 Å². The minimum absolute atomic E-state index is 0.0789. The summed E-state index contributed by atoms with van der Waals surface area (Å²) in [6.45, 7) is 2.79. The van der Waals surface area contributed by atoms with Crippen LogP contribution in [0.15, 0.2) is 48.7 Å². The maximum absolute atomic E-state index is 13.1. The summed E-state index contributed by atoms with van der Waals surface area (Å²) in [6.07, 6.45) is 2.87. The molecule has 2 aromatic rings. The molecule has 0 unspecified atom stereocenters. The van der Waals surface area contributed by atoms with E-state index in [0.29, 0.717) is 45.6 Å². The predicted molar refractivity (Wildman–Crippen MR) is 103 cm³/mol. The van der Waals surface area contributed by atoms with Crippen LogP contribution in [-0.2, 0) is 16.1 Å². The number of amides is 2. The number of pyridine rings is 1. The van der Waals surface area contributed by atoms with Crippen molar-refractivity contribution in [3.63, 3.8) is 0 Å². The highest BCUT2D eigenvalue weighted by molar-refractivity contribution is 6.07. The van der Waals surface area contributed by atoms with Gasteiger partial charge in [0.1, 0.15) is 11.2 Å². The summed E-state index contributed by atoms with van der Waals surface area (Å²) in [5.41, 5.74) is 0.807. The van der Waals surface area contributed by atoms with E-state index in [0.717, 1.165) is 11.4 Å². The maximum atomic E-state index is 13.1. The second-order valence-electron chi connectivity index (χ2n) is 7.34. The van der Waals surface area contributed by atoms with Crippen LogP contribution in [0.3, 0.4) is 0 Å². The Kier molecular flexibility index (Phi) is 4.98. The maximum Gasteiger partial charge on any atom is 0.238 e.